The van der Waals surface area contributed by atoms with Crippen molar-refractivity contribution in [3.05, 3.63) is 59.9 Å². The molecule has 1 aromatic heterocycles. The highest BCUT2D eigenvalue weighted by atomic mass is 19.4. The van der Waals surface area contributed by atoms with Crippen molar-refractivity contribution in [2.24, 2.45) is 40.6 Å². The van der Waals surface area contributed by atoms with Gasteiger partial charge in [0, 0.05) is 5.56 Å². The maximum absolute atomic E-state index is 12.9. The van der Waals surface area contributed by atoms with Crippen molar-refractivity contribution in [1.82, 2.24) is 5.01 Å². The number of allylic oxidation sites excluding steroid dienone is 2. The van der Waals surface area contributed by atoms with Gasteiger partial charge in [0.15, 0.2) is 0 Å². The summed E-state index contributed by atoms with van der Waals surface area (Å²) < 4.78 is 44.4. The minimum atomic E-state index is -4.45. The number of nitrogens with zero attached hydrogens (tertiary/aromatic N) is 2. The summed E-state index contributed by atoms with van der Waals surface area (Å²) in [7, 11) is 0. The Morgan fingerprint density at radius 3 is 2.32 bits per heavy atom. The molecule has 0 radical (unpaired) electrons. The van der Waals surface area contributed by atoms with E-state index in [1.165, 1.54) is 30.5 Å². The topological polar surface area (TPSA) is 62.9 Å². The van der Waals surface area contributed by atoms with E-state index in [-0.39, 0.29) is 52.6 Å². The molecule has 158 valence electrons. The number of alkyl halides is 3. The van der Waals surface area contributed by atoms with Gasteiger partial charge in [-0.15, -0.1) is 0 Å². The molecular weight excluding hydrogens is 409 g/mol. The van der Waals surface area contributed by atoms with Crippen LogP contribution in [0.2, 0.25) is 0 Å². The smallest absolute Gasteiger partial charge is 0.416 e. The molecule has 1 aromatic carbocycles. The molecule has 1 aliphatic heterocycles. The summed E-state index contributed by atoms with van der Waals surface area (Å²) in [5.74, 6) is 0.520. The van der Waals surface area contributed by atoms with E-state index < -0.39 is 11.7 Å². The highest BCUT2D eigenvalue weighted by Gasteiger charge is 2.67. The predicted molar refractivity (Wildman–Crippen MR) is 103 cm³/mol. The summed E-state index contributed by atoms with van der Waals surface area (Å²) >= 11 is 0. The zero-order chi connectivity index (χ0) is 21.5. The van der Waals surface area contributed by atoms with Crippen molar-refractivity contribution >= 4 is 18.0 Å². The number of furan rings is 1. The second-order valence-electron chi connectivity index (χ2n) is 8.67. The third kappa shape index (κ3) is 2.73. The van der Waals surface area contributed by atoms with Gasteiger partial charge in [-0.05, 0) is 54.4 Å². The van der Waals surface area contributed by atoms with Crippen molar-refractivity contribution in [3.8, 4) is 11.3 Å². The van der Waals surface area contributed by atoms with Crippen LogP contribution in [0, 0.1) is 35.5 Å². The molecule has 2 saturated carbocycles. The van der Waals surface area contributed by atoms with Gasteiger partial charge in [0.25, 0.3) is 11.8 Å². The van der Waals surface area contributed by atoms with Crippen LogP contribution in [0.4, 0.5) is 13.2 Å². The first-order valence-electron chi connectivity index (χ1n) is 10.2. The first-order chi connectivity index (χ1) is 14.8. The van der Waals surface area contributed by atoms with Crippen LogP contribution in [0.5, 0.6) is 0 Å². The first-order valence-corrected chi connectivity index (χ1v) is 10.2. The van der Waals surface area contributed by atoms with E-state index in [0.29, 0.717) is 11.8 Å². The van der Waals surface area contributed by atoms with Gasteiger partial charge in [-0.25, -0.2) is 0 Å². The second kappa shape index (κ2) is 6.18. The van der Waals surface area contributed by atoms with E-state index in [1.54, 1.807) is 0 Å². The molecule has 2 heterocycles. The van der Waals surface area contributed by atoms with Crippen LogP contribution >= 0.6 is 0 Å². The molecular formula is C23H17F3N2O3. The van der Waals surface area contributed by atoms with Crippen LogP contribution in [0.15, 0.2) is 58.1 Å². The molecule has 5 nitrogen and oxygen atoms in total. The van der Waals surface area contributed by atoms with Crippen LogP contribution < -0.4 is 0 Å². The van der Waals surface area contributed by atoms with Crippen molar-refractivity contribution in [3.63, 3.8) is 0 Å². The molecule has 4 aliphatic carbocycles. The quantitative estimate of drug-likeness (QED) is 0.416. The summed E-state index contributed by atoms with van der Waals surface area (Å²) in [6.07, 6.45) is 2.08. The van der Waals surface area contributed by atoms with Gasteiger partial charge >= 0.3 is 6.18 Å². The molecule has 2 aromatic rings. The average Bonchev–Trinajstić information content (AvgIpc) is 3.38. The van der Waals surface area contributed by atoms with E-state index in [9.17, 15) is 22.8 Å². The van der Waals surface area contributed by atoms with E-state index in [0.717, 1.165) is 23.6 Å². The summed E-state index contributed by atoms with van der Waals surface area (Å²) in [5.41, 5.74) is -0.496. The van der Waals surface area contributed by atoms with E-state index in [1.807, 2.05) is 0 Å². The van der Waals surface area contributed by atoms with Gasteiger partial charge in [0.2, 0.25) is 0 Å². The lowest BCUT2D eigenvalue weighted by atomic mass is 9.63. The Morgan fingerprint density at radius 1 is 1.00 bits per heavy atom. The van der Waals surface area contributed by atoms with Gasteiger partial charge in [-0.2, -0.15) is 23.3 Å². The highest BCUT2D eigenvalue weighted by Crippen LogP contribution is 2.65. The lowest BCUT2D eigenvalue weighted by molar-refractivity contribution is -0.140. The second-order valence-corrected chi connectivity index (χ2v) is 8.67. The Morgan fingerprint density at radius 2 is 1.68 bits per heavy atom. The monoisotopic (exact) mass is 426 g/mol. The molecule has 6 atom stereocenters. The zero-order valence-electron chi connectivity index (χ0n) is 16.1. The molecule has 2 bridgehead atoms. The van der Waals surface area contributed by atoms with Gasteiger partial charge in [0.05, 0.1) is 23.6 Å². The van der Waals surface area contributed by atoms with Gasteiger partial charge < -0.3 is 4.42 Å². The minimum Gasteiger partial charge on any atom is -0.455 e. The molecule has 31 heavy (non-hydrogen) atoms. The largest absolute Gasteiger partial charge is 0.455 e. The molecule has 0 N–H and O–H groups in total. The zero-order valence-corrected chi connectivity index (χ0v) is 16.1. The van der Waals surface area contributed by atoms with Crippen molar-refractivity contribution < 1.29 is 27.2 Å². The molecule has 1 saturated heterocycles. The van der Waals surface area contributed by atoms with Crippen molar-refractivity contribution in [1.29, 1.82) is 0 Å². The predicted octanol–water partition coefficient (Wildman–Crippen LogP) is 4.35. The van der Waals surface area contributed by atoms with Crippen LogP contribution in [0.25, 0.3) is 11.3 Å². The lowest BCUT2D eigenvalue weighted by Gasteiger charge is -2.37. The third-order valence-electron chi connectivity index (χ3n) is 7.04. The minimum absolute atomic E-state index is 0.118. The van der Waals surface area contributed by atoms with Crippen LogP contribution in [0.3, 0.4) is 0 Å². The van der Waals surface area contributed by atoms with Crippen LogP contribution in [-0.4, -0.2) is 23.0 Å². The summed E-state index contributed by atoms with van der Waals surface area (Å²) in [6, 6.07) is 7.89. The third-order valence-corrected chi connectivity index (χ3v) is 7.04. The van der Waals surface area contributed by atoms with Gasteiger partial charge in [-0.1, -0.05) is 24.3 Å². The molecule has 7 rings (SSSR count). The molecule has 3 fully saturated rings. The Kier molecular flexibility index (Phi) is 3.71. The normalized spacial score (nSPS) is 33.3. The number of carbonyl (C=O) groups is 2. The van der Waals surface area contributed by atoms with Crippen LogP contribution in [-0.2, 0) is 15.8 Å². The number of hydrogen-bond acceptors (Lipinski definition) is 4. The van der Waals surface area contributed by atoms with Crippen molar-refractivity contribution in [2.45, 2.75) is 12.6 Å². The number of benzene rings is 1. The fourth-order valence-corrected chi connectivity index (χ4v) is 5.60. The number of halogens is 3. The lowest BCUT2D eigenvalue weighted by Crippen LogP contribution is -2.40. The van der Waals surface area contributed by atoms with E-state index in [2.05, 4.69) is 17.3 Å². The Bertz CT molecular complexity index is 1130. The number of hydrazone groups is 1. The summed E-state index contributed by atoms with van der Waals surface area (Å²) in [4.78, 5) is 25.8. The van der Waals surface area contributed by atoms with Crippen molar-refractivity contribution in [2.75, 3.05) is 0 Å². The standard InChI is InChI=1S/C23H17F3N2O3/c24-23(25,26)12-3-1-2-11(8-12)18-7-4-13(31-18)10-27-28-21(29)19-14-5-6-15(17-9-16(14)17)20(19)22(28)30/h1-8,10,14-17,19-20H,9H2/b27-10-/t14-,15-,16-,17+,19-,20+/m0/s1. The summed E-state index contributed by atoms with van der Waals surface area (Å²) in [6.45, 7) is 0. The maximum Gasteiger partial charge on any atom is 0.416 e. The molecule has 2 amide bonds. The Labute approximate surface area is 175 Å². The molecule has 0 unspecified atom stereocenters. The number of carbonyl (C=O) groups excluding carboxylic acids is 2. The highest BCUT2D eigenvalue weighted by molar-refractivity contribution is 6.06. The molecule has 5 aliphatic rings. The number of amides is 2. The Balaban J connectivity index is 1.23. The number of rotatable bonds is 3. The SMILES string of the molecule is O=C1[C@@H]2[C@H]3C=C[C@@H]([C@@H]4C[C@H]34)[C@@H]2C(=O)N1/N=C\c1ccc(-c2cccc(C(F)(F)F)c2)o1. The van der Waals surface area contributed by atoms with Gasteiger partial charge in [-0.3, -0.25) is 9.59 Å². The number of imide groups is 1. The van der Waals surface area contributed by atoms with Crippen LogP contribution in [0.1, 0.15) is 17.7 Å². The fourth-order valence-electron chi connectivity index (χ4n) is 5.60. The Hall–Kier alpha value is -3.16. The molecule has 0 spiro atoms. The van der Waals surface area contributed by atoms with E-state index >= 15 is 0 Å². The maximum atomic E-state index is 12.9. The average molecular weight is 426 g/mol. The van der Waals surface area contributed by atoms with E-state index in [4.69, 9.17) is 4.42 Å². The fraction of sp³-hybridized carbons (Fsp3) is 0.348. The summed E-state index contributed by atoms with van der Waals surface area (Å²) in [5, 5.41) is 5.03. The first kappa shape index (κ1) is 18.6. The molecule has 8 heteroatoms. The van der Waals surface area contributed by atoms with Gasteiger partial charge in [0.1, 0.15) is 11.5 Å². The number of hydrogen-bond donors (Lipinski definition) is 0.